The number of hydrogen-bond acceptors (Lipinski definition) is 5. The number of amides is 2. The molecule has 26 heavy (non-hydrogen) atoms. The molecule has 1 heterocycles. The van der Waals surface area contributed by atoms with Crippen LogP contribution in [0.2, 0.25) is 0 Å². The Morgan fingerprint density at radius 3 is 2.00 bits per heavy atom. The van der Waals surface area contributed by atoms with Gasteiger partial charge in [0.05, 0.1) is 23.7 Å². The van der Waals surface area contributed by atoms with Gasteiger partial charge in [-0.2, -0.15) is 0 Å². The van der Waals surface area contributed by atoms with Crippen LogP contribution in [0.3, 0.4) is 0 Å². The Balaban J connectivity index is 1.59. The normalized spacial score (nSPS) is 17.5. The summed E-state index contributed by atoms with van der Waals surface area (Å²) < 4.78 is 5.15. The van der Waals surface area contributed by atoms with E-state index in [4.69, 9.17) is 9.57 Å². The molecule has 2 aromatic carbocycles. The third-order valence-electron chi connectivity index (χ3n) is 5.17. The number of nitrogens with zero attached hydrogens (tertiary/aromatic N) is 1. The van der Waals surface area contributed by atoms with Crippen molar-refractivity contribution in [3.63, 3.8) is 0 Å². The summed E-state index contributed by atoms with van der Waals surface area (Å²) in [5.41, 5.74) is 0.461. The van der Waals surface area contributed by atoms with Crippen LogP contribution in [-0.2, 0) is 15.0 Å². The van der Waals surface area contributed by atoms with Gasteiger partial charge in [0.2, 0.25) is 0 Å². The Bertz CT molecular complexity index is 864. The lowest BCUT2D eigenvalue weighted by atomic mass is 9.64. The second kappa shape index (κ2) is 5.98. The SMILES string of the molecule is COc1ccc(C2(C(=O)ON3C(=O)c4ccccc4C3=O)CCC2)cc1. The summed E-state index contributed by atoms with van der Waals surface area (Å²) in [5, 5.41) is 0.580. The number of carbonyl (C=O) groups excluding carboxylic acids is 3. The number of imide groups is 1. The predicted molar refractivity (Wildman–Crippen MR) is 91.6 cm³/mol. The molecule has 0 radical (unpaired) electrons. The third kappa shape index (κ3) is 2.29. The van der Waals surface area contributed by atoms with Gasteiger partial charge in [-0.25, -0.2) is 4.79 Å². The molecule has 1 saturated carbocycles. The fourth-order valence-corrected chi connectivity index (χ4v) is 3.47. The topological polar surface area (TPSA) is 72.9 Å². The number of carbonyl (C=O) groups is 3. The Morgan fingerprint density at radius 1 is 0.962 bits per heavy atom. The van der Waals surface area contributed by atoms with Gasteiger partial charge >= 0.3 is 5.97 Å². The van der Waals surface area contributed by atoms with Gasteiger partial charge in [-0.1, -0.05) is 35.7 Å². The van der Waals surface area contributed by atoms with Gasteiger partial charge in [0, 0.05) is 0 Å². The van der Waals surface area contributed by atoms with Gasteiger partial charge < -0.3 is 9.57 Å². The van der Waals surface area contributed by atoms with Gasteiger partial charge in [0.25, 0.3) is 11.8 Å². The Hall–Kier alpha value is -3.15. The van der Waals surface area contributed by atoms with Crippen LogP contribution in [0.5, 0.6) is 5.75 Å². The molecule has 0 saturated heterocycles. The number of fused-ring (bicyclic) bond motifs is 1. The average Bonchev–Trinajstić information content (AvgIpc) is 2.87. The van der Waals surface area contributed by atoms with Crippen molar-refractivity contribution in [2.45, 2.75) is 24.7 Å². The standard InChI is InChI=1S/C20H17NO5/c1-25-14-9-7-13(8-10-14)20(11-4-12-20)19(24)26-21-17(22)15-5-2-3-6-16(15)18(21)23/h2-3,5-10H,4,11-12H2,1H3. The second-order valence-electron chi connectivity index (χ2n) is 6.49. The number of hydroxylamine groups is 2. The largest absolute Gasteiger partial charge is 0.497 e. The quantitative estimate of drug-likeness (QED) is 0.792. The molecule has 2 aliphatic rings. The van der Waals surface area contributed by atoms with Gasteiger partial charge in [-0.05, 0) is 42.7 Å². The first kappa shape index (κ1) is 16.3. The smallest absolute Gasteiger partial charge is 0.343 e. The fourth-order valence-electron chi connectivity index (χ4n) is 3.47. The first-order valence-corrected chi connectivity index (χ1v) is 8.41. The molecule has 4 rings (SSSR count). The number of ether oxygens (including phenoxy) is 1. The van der Waals surface area contributed by atoms with Crippen LogP contribution in [0.15, 0.2) is 48.5 Å². The van der Waals surface area contributed by atoms with Crippen molar-refractivity contribution in [3.05, 3.63) is 65.2 Å². The van der Waals surface area contributed by atoms with E-state index in [2.05, 4.69) is 0 Å². The molecular formula is C20H17NO5. The summed E-state index contributed by atoms with van der Waals surface area (Å²) in [7, 11) is 1.57. The van der Waals surface area contributed by atoms with E-state index < -0.39 is 23.2 Å². The molecule has 1 aliphatic carbocycles. The molecule has 1 fully saturated rings. The minimum Gasteiger partial charge on any atom is -0.497 e. The van der Waals surface area contributed by atoms with Gasteiger partial charge in [0.15, 0.2) is 0 Å². The van der Waals surface area contributed by atoms with Gasteiger partial charge in [0.1, 0.15) is 5.75 Å². The molecule has 2 aromatic rings. The molecule has 2 amide bonds. The van der Waals surface area contributed by atoms with Crippen LogP contribution in [-0.4, -0.2) is 30.0 Å². The molecule has 132 valence electrons. The highest BCUT2D eigenvalue weighted by atomic mass is 16.7. The van der Waals surface area contributed by atoms with Crippen molar-refractivity contribution in [2.75, 3.05) is 7.11 Å². The highest BCUT2D eigenvalue weighted by molar-refractivity contribution is 6.21. The summed E-state index contributed by atoms with van der Waals surface area (Å²) >= 11 is 0. The summed E-state index contributed by atoms with van der Waals surface area (Å²) in [6.45, 7) is 0. The molecule has 0 atom stereocenters. The number of methoxy groups -OCH3 is 1. The van der Waals surface area contributed by atoms with Crippen LogP contribution >= 0.6 is 0 Å². The van der Waals surface area contributed by atoms with Crippen LogP contribution < -0.4 is 4.74 Å². The number of hydrogen-bond donors (Lipinski definition) is 0. The fraction of sp³-hybridized carbons (Fsp3) is 0.250. The van der Waals surface area contributed by atoms with Crippen LogP contribution in [0.25, 0.3) is 0 Å². The molecule has 0 spiro atoms. The van der Waals surface area contributed by atoms with Crippen molar-refractivity contribution in [2.24, 2.45) is 0 Å². The van der Waals surface area contributed by atoms with E-state index in [1.807, 2.05) is 12.1 Å². The van der Waals surface area contributed by atoms with Crippen LogP contribution in [0, 0.1) is 0 Å². The van der Waals surface area contributed by atoms with E-state index in [0.29, 0.717) is 23.7 Å². The Labute approximate surface area is 150 Å². The molecule has 0 unspecified atom stereocenters. The minimum atomic E-state index is -0.832. The maximum atomic E-state index is 12.9. The van der Waals surface area contributed by atoms with Crippen molar-refractivity contribution >= 4 is 17.8 Å². The number of rotatable bonds is 4. The summed E-state index contributed by atoms with van der Waals surface area (Å²) in [4.78, 5) is 43.0. The monoisotopic (exact) mass is 351 g/mol. The molecule has 0 bridgehead atoms. The van der Waals surface area contributed by atoms with Crippen LogP contribution in [0.4, 0.5) is 0 Å². The first-order valence-electron chi connectivity index (χ1n) is 8.41. The summed E-state index contributed by atoms with van der Waals surface area (Å²) in [6, 6.07) is 13.6. The van der Waals surface area contributed by atoms with E-state index in [1.54, 1.807) is 43.5 Å². The van der Waals surface area contributed by atoms with E-state index in [-0.39, 0.29) is 11.1 Å². The average molecular weight is 351 g/mol. The maximum Gasteiger partial charge on any atom is 0.343 e. The van der Waals surface area contributed by atoms with E-state index >= 15 is 0 Å². The lowest BCUT2D eigenvalue weighted by Gasteiger charge is -2.39. The van der Waals surface area contributed by atoms with Crippen LogP contribution in [0.1, 0.15) is 45.5 Å². The van der Waals surface area contributed by atoms with Crippen molar-refractivity contribution in [3.8, 4) is 5.75 Å². The van der Waals surface area contributed by atoms with Gasteiger partial charge in [-0.15, -0.1) is 0 Å². The molecule has 6 nitrogen and oxygen atoms in total. The zero-order valence-electron chi connectivity index (χ0n) is 14.2. The molecular weight excluding hydrogens is 334 g/mol. The van der Waals surface area contributed by atoms with Crippen molar-refractivity contribution in [1.82, 2.24) is 5.06 Å². The Morgan fingerprint density at radius 2 is 1.54 bits per heavy atom. The summed E-state index contributed by atoms with van der Waals surface area (Å²) in [6.07, 6.45) is 2.10. The minimum absolute atomic E-state index is 0.248. The predicted octanol–water partition coefficient (Wildman–Crippen LogP) is 2.87. The molecule has 0 N–H and O–H groups in total. The second-order valence-corrected chi connectivity index (χ2v) is 6.49. The lowest BCUT2D eigenvalue weighted by Crippen LogP contribution is -2.47. The molecule has 0 aromatic heterocycles. The van der Waals surface area contributed by atoms with E-state index in [1.165, 1.54) is 0 Å². The van der Waals surface area contributed by atoms with Crippen molar-refractivity contribution in [1.29, 1.82) is 0 Å². The Kier molecular flexibility index (Phi) is 3.76. The highest BCUT2D eigenvalue weighted by Crippen LogP contribution is 2.45. The van der Waals surface area contributed by atoms with Gasteiger partial charge in [-0.3, -0.25) is 9.59 Å². The maximum absolute atomic E-state index is 12.9. The molecule has 1 aliphatic heterocycles. The van der Waals surface area contributed by atoms with E-state index in [9.17, 15) is 14.4 Å². The zero-order valence-corrected chi connectivity index (χ0v) is 14.2. The third-order valence-corrected chi connectivity index (χ3v) is 5.17. The first-order chi connectivity index (χ1) is 12.6. The highest BCUT2D eigenvalue weighted by Gasteiger charge is 2.50. The van der Waals surface area contributed by atoms with Crippen molar-refractivity contribution < 1.29 is 24.0 Å². The number of benzene rings is 2. The summed E-state index contributed by atoms with van der Waals surface area (Å²) in [5.74, 6) is -1.10. The lowest BCUT2D eigenvalue weighted by molar-refractivity contribution is -0.179. The molecule has 6 heteroatoms. The van der Waals surface area contributed by atoms with E-state index in [0.717, 1.165) is 12.0 Å². The zero-order chi connectivity index (χ0) is 18.3.